The molecule has 0 aliphatic carbocycles. The summed E-state index contributed by atoms with van der Waals surface area (Å²) in [5, 5.41) is 3.54. The summed E-state index contributed by atoms with van der Waals surface area (Å²) >= 11 is 1.63. The van der Waals surface area contributed by atoms with Crippen molar-refractivity contribution in [2.24, 2.45) is 5.92 Å². The molecule has 0 radical (unpaired) electrons. The van der Waals surface area contributed by atoms with Crippen molar-refractivity contribution in [3.63, 3.8) is 0 Å². The molecule has 7 nitrogen and oxygen atoms in total. The number of hydrogen-bond donors (Lipinski definition) is 1. The number of thiazole rings is 1. The average Bonchev–Trinajstić information content (AvgIpc) is 3.36. The van der Waals surface area contributed by atoms with Gasteiger partial charge in [0.05, 0.1) is 40.6 Å². The van der Waals surface area contributed by atoms with Crippen LogP contribution in [0.2, 0.25) is 0 Å². The molecule has 2 unspecified atom stereocenters. The number of aldehydes is 1. The molecule has 1 N–H and O–H groups in total. The highest BCUT2D eigenvalue weighted by Gasteiger charge is 2.20. The molecule has 0 amide bonds. The number of aryl methyl sites for hydroxylation is 1. The van der Waals surface area contributed by atoms with Crippen LogP contribution in [0.4, 0.5) is 5.82 Å². The quantitative estimate of drug-likeness (QED) is 0.302. The van der Waals surface area contributed by atoms with Gasteiger partial charge in [0.1, 0.15) is 23.7 Å². The van der Waals surface area contributed by atoms with Gasteiger partial charge in [-0.1, -0.05) is 18.2 Å². The molecular weight excluding hydrogens is 470 g/mol. The van der Waals surface area contributed by atoms with Gasteiger partial charge in [0.2, 0.25) is 0 Å². The zero-order valence-corrected chi connectivity index (χ0v) is 21.5. The van der Waals surface area contributed by atoms with Crippen LogP contribution >= 0.6 is 11.3 Å². The summed E-state index contributed by atoms with van der Waals surface area (Å²) in [5.41, 5.74) is 5.94. The van der Waals surface area contributed by atoms with Gasteiger partial charge in [-0.05, 0) is 63.1 Å². The van der Waals surface area contributed by atoms with E-state index in [1.165, 1.54) is 0 Å². The normalized spacial score (nSPS) is 17.1. The molecule has 186 valence electrons. The SMILES string of the molecule is Cc1nc(NC(C)c2cccc(OCC3CCCN(CC=O)C3)c2)cc(-c2ccc3ncsc3c2)n1. The smallest absolute Gasteiger partial charge is 0.133 e. The Kier molecular flexibility index (Phi) is 7.53. The highest BCUT2D eigenvalue weighted by molar-refractivity contribution is 7.16. The largest absolute Gasteiger partial charge is 0.493 e. The lowest BCUT2D eigenvalue weighted by Crippen LogP contribution is -2.38. The number of ether oxygens (including phenoxy) is 1. The Morgan fingerprint density at radius 3 is 3.03 bits per heavy atom. The maximum atomic E-state index is 10.8. The summed E-state index contributed by atoms with van der Waals surface area (Å²) in [4.78, 5) is 26.7. The van der Waals surface area contributed by atoms with Crippen molar-refractivity contribution in [3.05, 3.63) is 65.4 Å². The second kappa shape index (κ2) is 11.1. The zero-order chi connectivity index (χ0) is 24.9. The molecule has 1 aliphatic heterocycles. The number of carbonyl (C=O) groups is 1. The zero-order valence-electron chi connectivity index (χ0n) is 20.7. The highest BCUT2D eigenvalue weighted by Crippen LogP contribution is 2.28. The number of nitrogens with zero attached hydrogens (tertiary/aromatic N) is 4. The third-order valence-corrected chi connectivity index (χ3v) is 7.40. The lowest BCUT2D eigenvalue weighted by Gasteiger charge is -2.31. The lowest BCUT2D eigenvalue weighted by atomic mass is 9.99. The van der Waals surface area contributed by atoms with Gasteiger partial charge in [-0.2, -0.15) is 0 Å². The number of hydrogen-bond acceptors (Lipinski definition) is 8. The number of aromatic nitrogens is 3. The molecule has 0 saturated carbocycles. The first-order valence-electron chi connectivity index (χ1n) is 12.4. The Bertz CT molecular complexity index is 1340. The fourth-order valence-electron chi connectivity index (χ4n) is 4.76. The van der Waals surface area contributed by atoms with Crippen LogP contribution in [0.15, 0.2) is 54.0 Å². The number of fused-ring (bicyclic) bond motifs is 1. The van der Waals surface area contributed by atoms with Crippen LogP contribution in [0.25, 0.3) is 21.5 Å². The summed E-state index contributed by atoms with van der Waals surface area (Å²) in [6.45, 7) is 7.14. The Morgan fingerprint density at radius 1 is 1.22 bits per heavy atom. The van der Waals surface area contributed by atoms with Crippen LogP contribution in [-0.4, -0.2) is 52.4 Å². The van der Waals surface area contributed by atoms with Crippen molar-refractivity contribution in [1.82, 2.24) is 19.9 Å². The molecule has 1 aliphatic rings. The van der Waals surface area contributed by atoms with Crippen molar-refractivity contribution in [2.45, 2.75) is 32.7 Å². The van der Waals surface area contributed by atoms with Gasteiger partial charge in [-0.15, -0.1) is 11.3 Å². The number of likely N-dealkylation sites (tertiary alicyclic amines) is 1. The second-order valence-corrected chi connectivity index (χ2v) is 10.3. The molecule has 4 aromatic rings. The number of carbonyl (C=O) groups excluding carboxylic acids is 1. The topological polar surface area (TPSA) is 80.2 Å². The Hall–Kier alpha value is -3.36. The molecule has 2 aromatic heterocycles. The number of anilines is 1. The number of rotatable bonds is 9. The van der Waals surface area contributed by atoms with Crippen molar-refractivity contribution in [1.29, 1.82) is 0 Å². The van der Waals surface area contributed by atoms with E-state index < -0.39 is 0 Å². The fraction of sp³-hybridized carbons (Fsp3) is 0.357. The van der Waals surface area contributed by atoms with E-state index >= 15 is 0 Å². The molecule has 0 bridgehead atoms. The first-order chi connectivity index (χ1) is 17.6. The first-order valence-corrected chi connectivity index (χ1v) is 13.3. The summed E-state index contributed by atoms with van der Waals surface area (Å²) in [6, 6.07) is 16.5. The number of benzene rings is 2. The minimum absolute atomic E-state index is 0.0393. The first kappa shape index (κ1) is 24.3. The molecule has 1 saturated heterocycles. The van der Waals surface area contributed by atoms with Gasteiger partial charge < -0.3 is 14.8 Å². The summed E-state index contributed by atoms with van der Waals surface area (Å²) in [7, 11) is 0. The third kappa shape index (κ3) is 5.88. The van der Waals surface area contributed by atoms with Gasteiger partial charge in [0, 0.05) is 24.1 Å². The van der Waals surface area contributed by atoms with E-state index in [-0.39, 0.29) is 6.04 Å². The van der Waals surface area contributed by atoms with Gasteiger partial charge in [0.15, 0.2) is 0 Å². The minimum atomic E-state index is 0.0393. The van der Waals surface area contributed by atoms with E-state index in [9.17, 15) is 4.79 Å². The Labute approximate surface area is 215 Å². The van der Waals surface area contributed by atoms with Crippen LogP contribution in [0, 0.1) is 12.8 Å². The van der Waals surface area contributed by atoms with Crippen LogP contribution in [0.1, 0.15) is 37.2 Å². The van der Waals surface area contributed by atoms with E-state index in [4.69, 9.17) is 4.74 Å². The van der Waals surface area contributed by atoms with Crippen molar-refractivity contribution < 1.29 is 9.53 Å². The molecule has 5 rings (SSSR count). The number of piperidine rings is 1. The van der Waals surface area contributed by atoms with Crippen LogP contribution in [0.3, 0.4) is 0 Å². The fourth-order valence-corrected chi connectivity index (χ4v) is 5.47. The van der Waals surface area contributed by atoms with E-state index in [0.717, 1.165) is 76.6 Å². The summed E-state index contributed by atoms with van der Waals surface area (Å²) in [5.74, 6) is 2.83. The second-order valence-electron chi connectivity index (χ2n) is 9.40. The van der Waals surface area contributed by atoms with E-state index in [1.54, 1.807) is 11.3 Å². The van der Waals surface area contributed by atoms with E-state index in [1.807, 2.05) is 36.7 Å². The molecule has 8 heteroatoms. The van der Waals surface area contributed by atoms with Crippen molar-refractivity contribution in [3.8, 4) is 17.0 Å². The molecule has 2 atom stereocenters. The standard InChI is InChI=1S/C28H31N5O2S/c1-19(22-6-3-7-24(13-22)35-17-21-5-4-10-33(16-21)11-12-34)30-28-15-26(31-20(2)32-28)23-8-9-25-27(14-23)36-18-29-25/h3,6-9,12-15,18-19,21H,4-5,10-11,16-17H2,1-2H3,(H,30,31,32). The van der Waals surface area contributed by atoms with Crippen LogP contribution in [0.5, 0.6) is 5.75 Å². The van der Waals surface area contributed by atoms with Gasteiger partial charge >= 0.3 is 0 Å². The Morgan fingerprint density at radius 2 is 2.14 bits per heavy atom. The van der Waals surface area contributed by atoms with E-state index in [2.05, 4.69) is 56.4 Å². The molecular formula is C28H31N5O2S. The third-order valence-electron chi connectivity index (χ3n) is 6.61. The van der Waals surface area contributed by atoms with Crippen LogP contribution < -0.4 is 10.1 Å². The molecule has 1 fully saturated rings. The van der Waals surface area contributed by atoms with Gasteiger partial charge in [0.25, 0.3) is 0 Å². The summed E-state index contributed by atoms with van der Waals surface area (Å²) in [6.07, 6.45) is 3.24. The van der Waals surface area contributed by atoms with Crippen LogP contribution in [-0.2, 0) is 4.79 Å². The molecule has 36 heavy (non-hydrogen) atoms. The van der Waals surface area contributed by atoms with Crippen molar-refractivity contribution >= 4 is 33.7 Å². The predicted octanol–water partition coefficient (Wildman–Crippen LogP) is 5.52. The maximum Gasteiger partial charge on any atom is 0.133 e. The molecule has 3 heterocycles. The minimum Gasteiger partial charge on any atom is -0.493 e. The van der Waals surface area contributed by atoms with E-state index in [0.29, 0.717) is 19.1 Å². The maximum absolute atomic E-state index is 10.8. The molecule has 2 aromatic carbocycles. The lowest BCUT2D eigenvalue weighted by molar-refractivity contribution is -0.109. The highest BCUT2D eigenvalue weighted by atomic mass is 32.1. The summed E-state index contributed by atoms with van der Waals surface area (Å²) < 4.78 is 7.31. The molecule has 0 spiro atoms. The Balaban J connectivity index is 1.25. The monoisotopic (exact) mass is 501 g/mol. The average molecular weight is 502 g/mol. The predicted molar refractivity (Wildman–Crippen MR) is 145 cm³/mol. The van der Waals surface area contributed by atoms with Crippen molar-refractivity contribution in [2.75, 3.05) is 31.6 Å². The van der Waals surface area contributed by atoms with Gasteiger partial charge in [-0.3, -0.25) is 4.90 Å². The van der Waals surface area contributed by atoms with Gasteiger partial charge in [-0.25, -0.2) is 15.0 Å². The number of nitrogens with one attached hydrogen (secondary N) is 1.